The molecular formula is C8H8FN2. The molecule has 0 unspecified atom stereocenters. The first-order chi connectivity index (χ1) is 5.25. The lowest BCUT2D eigenvalue weighted by atomic mass is 10.1. The van der Waals surface area contributed by atoms with E-state index >= 15 is 0 Å². The summed E-state index contributed by atoms with van der Waals surface area (Å²) in [5.74, 6) is -0.254. The molecule has 0 saturated carbocycles. The first-order valence-corrected chi connectivity index (χ1v) is 3.12. The van der Waals surface area contributed by atoms with Crippen LogP contribution in [0.2, 0.25) is 0 Å². The molecule has 0 aliphatic rings. The monoisotopic (exact) mass is 151 g/mol. The maximum atomic E-state index is 11.8. The average Bonchev–Trinajstić information content (AvgIpc) is 2.04. The van der Waals surface area contributed by atoms with Crippen molar-refractivity contribution >= 4 is 5.84 Å². The molecular weight excluding hydrogens is 143 g/mol. The van der Waals surface area contributed by atoms with Crippen LogP contribution < -0.4 is 5.54 Å². The van der Waals surface area contributed by atoms with Crippen LogP contribution in [-0.2, 0) is 0 Å². The van der Waals surface area contributed by atoms with Gasteiger partial charge < -0.3 is 0 Å². The molecule has 2 nitrogen and oxygen atoms in total. The predicted octanol–water partition coefficient (Wildman–Crippen LogP) is 1.67. The summed E-state index contributed by atoms with van der Waals surface area (Å²) in [6, 6.07) is 6.88. The molecule has 0 atom stereocenters. The molecule has 1 aromatic carbocycles. The summed E-state index contributed by atoms with van der Waals surface area (Å²) in [5, 5.41) is 7.09. The molecule has 11 heavy (non-hydrogen) atoms. The molecule has 0 spiro atoms. The molecule has 1 rings (SSSR count). The van der Waals surface area contributed by atoms with Gasteiger partial charge in [-0.2, -0.15) is 0 Å². The van der Waals surface area contributed by atoms with Crippen molar-refractivity contribution in [3.8, 4) is 0 Å². The van der Waals surface area contributed by atoms with E-state index in [1.165, 1.54) is 5.54 Å². The van der Waals surface area contributed by atoms with Gasteiger partial charge in [-0.3, -0.25) is 5.41 Å². The van der Waals surface area contributed by atoms with Crippen LogP contribution >= 0.6 is 0 Å². The highest BCUT2D eigenvalue weighted by Gasteiger charge is 2.01. The number of rotatable bonds is 1. The van der Waals surface area contributed by atoms with Gasteiger partial charge in [0.25, 0.3) is 0 Å². The van der Waals surface area contributed by atoms with Gasteiger partial charge in [-0.15, -0.1) is 4.48 Å². The van der Waals surface area contributed by atoms with Gasteiger partial charge in [-0.05, 0) is 12.5 Å². The number of halogens is 1. The van der Waals surface area contributed by atoms with Crippen molar-refractivity contribution in [3.05, 3.63) is 42.3 Å². The zero-order valence-electron chi connectivity index (χ0n) is 5.89. The van der Waals surface area contributed by atoms with E-state index in [4.69, 9.17) is 5.41 Å². The molecule has 0 amide bonds. The van der Waals surface area contributed by atoms with Crippen LogP contribution in [0.25, 0.3) is 0 Å². The molecule has 0 aliphatic carbocycles. The Morgan fingerprint density at radius 3 is 2.64 bits per heavy atom. The fourth-order valence-electron chi connectivity index (χ4n) is 0.815. The molecule has 0 fully saturated rings. The third kappa shape index (κ3) is 1.55. The van der Waals surface area contributed by atoms with E-state index in [0.29, 0.717) is 11.1 Å². The van der Waals surface area contributed by atoms with Crippen molar-refractivity contribution in [2.24, 2.45) is 0 Å². The topological polar surface area (TPSA) is 35.9 Å². The zero-order chi connectivity index (χ0) is 8.27. The number of hydrogen-bond donors (Lipinski definition) is 2. The fourth-order valence-corrected chi connectivity index (χ4v) is 0.815. The minimum atomic E-state index is -0.254. The molecule has 0 heterocycles. The normalized spacial score (nSPS) is 9.27. The fraction of sp³-hybridized carbons (Fsp3) is 0. The van der Waals surface area contributed by atoms with E-state index in [0.717, 1.165) is 0 Å². The Morgan fingerprint density at radius 1 is 1.45 bits per heavy atom. The summed E-state index contributed by atoms with van der Waals surface area (Å²) in [6.07, 6.45) is 0. The average molecular weight is 151 g/mol. The van der Waals surface area contributed by atoms with Crippen molar-refractivity contribution in [1.29, 1.82) is 5.41 Å². The van der Waals surface area contributed by atoms with Gasteiger partial charge in [0.05, 0.1) is 0 Å². The maximum Gasteiger partial charge on any atom is 0.154 e. The molecule has 1 aromatic rings. The van der Waals surface area contributed by atoms with Gasteiger partial charge in [0.15, 0.2) is 5.84 Å². The Bertz CT molecular complexity index is 271. The van der Waals surface area contributed by atoms with Crippen LogP contribution in [0, 0.1) is 12.3 Å². The van der Waals surface area contributed by atoms with E-state index < -0.39 is 0 Å². The van der Waals surface area contributed by atoms with Gasteiger partial charge in [0.1, 0.15) is 0 Å². The highest BCUT2D eigenvalue weighted by molar-refractivity contribution is 5.97. The number of hydrogen-bond acceptors (Lipinski definition) is 1. The van der Waals surface area contributed by atoms with Crippen LogP contribution in [0.3, 0.4) is 0 Å². The summed E-state index contributed by atoms with van der Waals surface area (Å²) in [4.78, 5) is 0. The second kappa shape index (κ2) is 3.14. The third-order valence-electron chi connectivity index (χ3n) is 1.38. The molecule has 0 aliphatic heterocycles. The lowest BCUT2D eigenvalue weighted by Crippen LogP contribution is -2.14. The zero-order valence-corrected chi connectivity index (χ0v) is 5.89. The molecule has 2 N–H and O–H groups in total. The Balaban J connectivity index is 3.03. The van der Waals surface area contributed by atoms with Gasteiger partial charge in [0.2, 0.25) is 0 Å². The molecule has 0 saturated heterocycles. The van der Waals surface area contributed by atoms with Crippen LogP contribution in [0.5, 0.6) is 0 Å². The Hall–Kier alpha value is -1.38. The number of nitrogens with one attached hydrogen (secondary N) is 2. The quantitative estimate of drug-likeness (QED) is 0.357. The van der Waals surface area contributed by atoms with Gasteiger partial charge in [-0.25, -0.2) is 5.54 Å². The summed E-state index contributed by atoms with van der Waals surface area (Å²) >= 11 is 0. The molecule has 57 valence electrons. The Morgan fingerprint density at radius 2 is 2.09 bits per heavy atom. The highest BCUT2D eigenvalue weighted by atomic mass is 19.2. The molecule has 3 heteroatoms. The lowest BCUT2D eigenvalue weighted by molar-refractivity contribution is 0.432. The van der Waals surface area contributed by atoms with Crippen molar-refractivity contribution in [3.63, 3.8) is 0 Å². The van der Waals surface area contributed by atoms with E-state index in [1.54, 1.807) is 24.3 Å². The second-order valence-corrected chi connectivity index (χ2v) is 2.13. The first kappa shape index (κ1) is 7.72. The van der Waals surface area contributed by atoms with E-state index in [9.17, 15) is 4.48 Å². The Kier molecular flexibility index (Phi) is 2.21. The minimum absolute atomic E-state index is 0.254. The van der Waals surface area contributed by atoms with Gasteiger partial charge in [-0.1, -0.05) is 24.3 Å². The number of amidine groups is 1. The van der Waals surface area contributed by atoms with Crippen LogP contribution in [-0.4, -0.2) is 5.84 Å². The standard InChI is InChI=1S/C8H8FN2/c1-6-4-2-3-5-7(6)8(10)11-9/h2-5H,1H2,(H2,10,11). The summed E-state index contributed by atoms with van der Waals surface area (Å²) < 4.78 is 11.8. The molecule has 0 aromatic heterocycles. The second-order valence-electron chi connectivity index (χ2n) is 2.13. The van der Waals surface area contributed by atoms with Crippen molar-refractivity contribution in [1.82, 2.24) is 5.54 Å². The highest BCUT2D eigenvalue weighted by Crippen LogP contribution is 2.05. The van der Waals surface area contributed by atoms with Crippen molar-refractivity contribution < 1.29 is 4.48 Å². The van der Waals surface area contributed by atoms with Crippen LogP contribution in [0.15, 0.2) is 24.3 Å². The number of benzene rings is 1. The van der Waals surface area contributed by atoms with E-state index in [-0.39, 0.29) is 5.84 Å². The minimum Gasteiger partial charge on any atom is -0.282 e. The SMILES string of the molecule is [CH2]c1ccccc1C(=N)NF. The van der Waals surface area contributed by atoms with Crippen molar-refractivity contribution in [2.75, 3.05) is 0 Å². The van der Waals surface area contributed by atoms with Gasteiger partial charge >= 0.3 is 0 Å². The maximum absolute atomic E-state index is 11.8. The summed E-state index contributed by atoms with van der Waals surface area (Å²) in [6.45, 7) is 3.64. The summed E-state index contributed by atoms with van der Waals surface area (Å²) in [7, 11) is 0. The molecule has 0 bridgehead atoms. The smallest absolute Gasteiger partial charge is 0.154 e. The predicted molar refractivity (Wildman–Crippen MR) is 42.0 cm³/mol. The van der Waals surface area contributed by atoms with E-state index in [1.807, 2.05) is 0 Å². The lowest BCUT2D eigenvalue weighted by Gasteiger charge is -2.02. The van der Waals surface area contributed by atoms with Crippen molar-refractivity contribution in [2.45, 2.75) is 0 Å². The third-order valence-corrected chi connectivity index (χ3v) is 1.38. The van der Waals surface area contributed by atoms with E-state index in [2.05, 4.69) is 6.92 Å². The molecule has 1 radical (unpaired) electrons. The van der Waals surface area contributed by atoms with Gasteiger partial charge in [0, 0.05) is 5.56 Å². The largest absolute Gasteiger partial charge is 0.282 e. The first-order valence-electron chi connectivity index (χ1n) is 3.12. The Labute approximate surface area is 64.5 Å². The van der Waals surface area contributed by atoms with Crippen LogP contribution in [0.4, 0.5) is 4.48 Å². The summed E-state index contributed by atoms with van der Waals surface area (Å²) in [5.41, 5.74) is 2.39. The van der Waals surface area contributed by atoms with Crippen LogP contribution in [0.1, 0.15) is 11.1 Å².